The molecule has 122 valence electrons. The lowest BCUT2D eigenvalue weighted by Crippen LogP contribution is -2.22. The third-order valence-electron chi connectivity index (χ3n) is 2.89. The van der Waals surface area contributed by atoms with Gasteiger partial charge in [-0.3, -0.25) is 10.8 Å². The Morgan fingerprint density at radius 2 is 1.75 bits per heavy atom. The van der Waals surface area contributed by atoms with Crippen molar-refractivity contribution < 1.29 is 9.47 Å². The molecule has 4 N–H and O–H groups in total. The maximum Gasteiger partial charge on any atom is 0.201 e. The van der Waals surface area contributed by atoms with E-state index in [1.165, 1.54) is 0 Å². The van der Waals surface area contributed by atoms with E-state index in [1.54, 1.807) is 24.3 Å². The number of rotatable bonds is 8. The summed E-state index contributed by atoms with van der Waals surface area (Å²) in [6.07, 6.45) is 0. The predicted octanol–water partition coefficient (Wildman–Crippen LogP) is 2.37. The summed E-state index contributed by atoms with van der Waals surface area (Å²) in [5.74, 6) is 0.927. The van der Waals surface area contributed by atoms with Gasteiger partial charge in [0.25, 0.3) is 0 Å². The van der Waals surface area contributed by atoms with Gasteiger partial charge in [-0.15, -0.1) is 0 Å². The minimum absolute atomic E-state index is 0.197. The van der Waals surface area contributed by atoms with Crippen LogP contribution in [0.15, 0.2) is 59.7 Å². The maximum absolute atomic E-state index is 8.84. The summed E-state index contributed by atoms with van der Waals surface area (Å²) in [5.41, 5.74) is 8.29. The quantitative estimate of drug-likeness (QED) is 0.298. The van der Waals surface area contributed by atoms with Crippen LogP contribution in [0.3, 0.4) is 0 Å². The summed E-state index contributed by atoms with van der Waals surface area (Å²) in [6.45, 7) is 0.730. The van der Waals surface area contributed by atoms with Crippen LogP contribution >= 0.6 is 0 Å². The number of nitrogens with two attached hydrogens (primary N) is 1. The van der Waals surface area contributed by atoms with Crippen LogP contribution in [0.1, 0.15) is 0 Å². The number of hydrazone groups is 1. The van der Waals surface area contributed by atoms with E-state index in [2.05, 4.69) is 10.5 Å². The van der Waals surface area contributed by atoms with Crippen LogP contribution in [0.25, 0.3) is 0 Å². The molecule has 0 unspecified atom stereocenters. The second-order valence-corrected chi connectivity index (χ2v) is 4.60. The average Bonchev–Trinajstić information content (AvgIpc) is 2.61. The summed E-state index contributed by atoms with van der Waals surface area (Å²) < 4.78 is 11.2. The van der Waals surface area contributed by atoms with Gasteiger partial charge in [0.1, 0.15) is 30.8 Å². The van der Waals surface area contributed by atoms with Crippen molar-refractivity contribution in [2.45, 2.75) is 0 Å². The van der Waals surface area contributed by atoms with Gasteiger partial charge in [0, 0.05) is 0 Å². The maximum atomic E-state index is 8.84. The molecule has 0 atom stereocenters. The van der Waals surface area contributed by atoms with Gasteiger partial charge in [0.2, 0.25) is 5.71 Å². The Morgan fingerprint density at radius 3 is 2.46 bits per heavy atom. The minimum Gasteiger partial charge on any atom is -0.490 e. The fourth-order valence-corrected chi connectivity index (χ4v) is 1.77. The Bertz CT molecular complexity index is 753. The zero-order valence-electron chi connectivity index (χ0n) is 12.9. The largest absolute Gasteiger partial charge is 0.490 e. The minimum atomic E-state index is -0.403. The first-order valence-electron chi connectivity index (χ1n) is 7.18. The van der Waals surface area contributed by atoms with Crippen molar-refractivity contribution in [1.29, 1.82) is 10.7 Å². The highest BCUT2D eigenvalue weighted by Crippen LogP contribution is 2.23. The number of benzene rings is 2. The molecule has 0 aliphatic heterocycles. The fourth-order valence-electron chi connectivity index (χ4n) is 1.77. The van der Waals surface area contributed by atoms with Crippen LogP contribution in [0.5, 0.6) is 11.5 Å². The van der Waals surface area contributed by atoms with Gasteiger partial charge in [-0.1, -0.05) is 30.3 Å². The molecule has 7 nitrogen and oxygen atoms in total. The molecule has 0 amide bonds. The number of ether oxygens (including phenoxy) is 2. The SMILES string of the molecule is N#C/C(=N\Nc1ccccc1OCCOc1ccccc1)C(=N)N. The van der Waals surface area contributed by atoms with Gasteiger partial charge in [-0.05, 0) is 24.3 Å². The number of amidine groups is 1. The van der Waals surface area contributed by atoms with E-state index in [1.807, 2.05) is 36.4 Å². The molecule has 2 rings (SSSR count). The predicted molar refractivity (Wildman–Crippen MR) is 92.5 cm³/mol. The molecule has 0 heterocycles. The Labute approximate surface area is 139 Å². The summed E-state index contributed by atoms with van der Waals surface area (Å²) in [4.78, 5) is 0. The van der Waals surface area contributed by atoms with E-state index in [4.69, 9.17) is 25.9 Å². The van der Waals surface area contributed by atoms with Crippen molar-refractivity contribution >= 4 is 17.2 Å². The number of anilines is 1. The zero-order valence-corrected chi connectivity index (χ0v) is 12.9. The van der Waals surface area contributed by atoms with E-state index in [-0.39, 0.29) is 5.71 Å². The normalized spacial score (nSPS) is 10.5. The molecule has 7 heteroatoms. The number of nitrogens with one attached hydrogen (secondary N) is 2. The number of nitrogens with zero attached hydrogens (tertiary/aromatic N) is 2. The van der Waals surface area contributed by atoms with Crippen LogP contribution in [0, 0.1) is 16.7 Å². The van der Waals surface area contributed by atoms with Crippen molar-refractivity contribution in [3.8, 4) is 17.6 Å². The molecule has 2 aromatic rings. The van der Waals surface area contributed by atoms with Gasteiger partial charge in [-0.25, -0.2) is 0 Å². The molecule has 0 bridgehead atoms. The molecular formula is C17H17N5O2. The van der Waals surface area contributed by atoms with Gasteiger partial charge >= 0.3 is 0 Å². The highest BCUT2D eigenvalue weighted by atomic mass is 16.5. The molecule has 0 spiro atoms. The Hall–Kier alpha value is -3.53. The monoisotopic (exact) mass is 323 g/mol. The Morgan fingerprint density at radius 1 is 1.08 bits per heavy atom. The fraction of sp³-hybridized carbons (Fsp3) is 0.118. The molecular weight excluding hydrogens is 306 g/mol. The number of nitriles is 1. The molecule has 0 fully saturated rings. The second-order valence-electron chi connectivity index (χ2n) is 4.60. The lowest BCUT2D eigenvalue weighted by atomic mass is 10.3. The lowest BCUT2D eigenvalue weighted by molar-refractivity contribution is 0.218. The molecule has 0 aromatic heterocycles. The van der Waals surface area contributed by atoms with Gasteiger partial charge in [-0.2, -0.15) is 10.4 Å². The molecule has 0 saturated carbocycles. The summed E-state index contributed by atoms with van der Waals surface area (Å²) >= 11 is 0. The smallest absolute Gasteiger partial charge is 0.201 e. The standard InChI is InChI=1S/C17H17N5O2/c18-12-15(17(19)20)22-21-14-8-4-5-9-16(14)24-11-10-23-13-6-2-1-3-7-13/h1-9,21H,10-11H2,(H3,19,20)/b22-15+. The van der Waals surface area contributed by atoms with Crippen molar-refractivity contribution in [2.75, 3.05) is 18.6 Å². The van der Waals surface area contributed by atoms with Crippen LogP contribution in [0.2, 0.25) is 0 Å². The van der Waals surface area contributed by atoms with Crippen molar-refractivity contribution in [3.63, 3.8) is 0 Å². The topological polar surface area (TPSA) is 117 Å². The van der Waals surface area contributed by atoms with Gasteiger partial charge in [0.05, 0.1) is 5.69 Å². The Kier molecular flexibility index (Phi) is 6.17. The zero-order chi connectivity index (χ0) is 17.2. The molecule has 0 radical (unpaired) electrons. The Balaban J connectivity index is 1.91. The van der Waals surface area contributed by atoms with E-state index in [0.717, 1.165) is 5.75 Å². The van der Waals surface area contributed by atoms with Crippen molar-refractivity contribution in [2.24, 2.45) is 10.8 Å². The molecule has 0 aliphatic rings. The van der Waals surface area contributed by atoms with Gasteiger partial charge < -0.3 is 15.2 Å². The first kappa shape index (κ1) is 16.8. The van der Waals surface area contributed by atoms with E-state index in [9.17, 15) is 0 Å². The van der Waals surface area contributed by atoms with Crippen LogP contribution in [-0.4, -0.2) is 24.8 Å². The third kappa shape index (κ3) is 5.03. The highest BCUT2D eigenvalue weighted by molar-refractivity contribution is 6.45. The van der Waals surface area contributed by atoms with E-state index < -0.39 is 5.84 Å². The van der Waals surface area contributed by atoms with Crippen molar-refractivity contribution in [3.05, 3.63) is 54.6 Å². The first-order chi connectivity index (χ1) is 11.7. The third-order valence-corrected chi connectivity index (χ3v) is 2.89. The second kappa shape index (κ2) is 8.80. The van der Waals surface area contributed by atoms with Crippen LogP contribution in [-0.2, 0) is 0 Å². The highest BCUT2D eigenvalue weighted by Gasteiger charge is 2.05. The lowest BCUT2D eigenvalue weighted by Gasteiger charge is -2.11. The van der Waals surface area contributed by atoms with Gasteiger partial charge in [0.15, 0.2) is 5.84 Å². The molecule has 2 aromatic carbocycles. The van der Waals surface area contributed by atoms with Crippen LogP contribution < -0.4 is 20.6 Å². The molecule has 0 saturated heterocycles. The number of hydrogen-bond acceptors (Lipinski definition) is 6. The first-order valence-corrected chi connectivity index (χ1v) is 7.18. The molecule has 0 aliphatic carbocycles. The summed E-state index contributed by atoms with van der Waals surface area (Å²) in [7, 11) is 0. The van der Waals surface area contributed by atoms with E-state index in [0.29, 0.717) is 24.7 Å². The summed E-state index contributed by atoms with van der Waals surface area (Å²) in [5, 5.41) is 19.9. The molecule has 24 heavy (non-hydrogen) atoms. The number of hydrogen-bond donors (Lipinski definition) is 3. The van der Waals surface area contributed by atoms with Crippen LogP contribution in [0.4, 0.5) is 5.69 Å². The van der Waals surface area contributed by atoms with Crippen molar-refractivity contribution in [1.82, 2.24) is 0 Å². The summed E-state index contributed by atoms with van der Waals surface area (Å²) in [6, 6.07) is 18.3. The number of para-hydroxylation sites is 3. The van der Waals surface area contributed by atoms with E-state index >= 15 is 0 Å². The average molecular weight is 323 g/mol.